The molecule has 4 nitrogen and oxygen atoms in total. The first-order chi connectivity index (χ1) is 9.93. The predicted octanol–water partition coefficient (Wildman–Crippen LogP) is 3.27. The number of furan rings is 1. The van der Waals surface area contributed by atoms with Gasteiger partial charge >= 0.3 is 0 Å². The molecule has 2 rings (SSSR count). The Morgan fingerprint density at radius 3 is 2.64 bits per heavy atom. The number of hydrogen-bond donors (Lipinski definition) is 1. The van der Waals surface area contributed by atoms with Crippen molar-refractivity contribution in [3.63, 3.8) is 0 Å². The molecule has 0 aliphatic carbocycles. The van der Waals surface area contributed by atoms with Gasteiger partial charge in [-0.25, -0.2) is 8.78 Å². The van der Waals surface area contributed by atoms with E-state index in [1.807, 2.05) is 0 Å². The zero-order valence-corrected chi connectivity index (χ0v) is 13.0. The van der Waals surface area contributed by atoms with Crippen molar-refractivity contribution >= 4 is 18.3 Å². The number of hydrogen-bond acceptors (Lipinski definition) is 3. The highest BCUT2D eigenvalue weighted by Crippen LogP contribution is 2.24. The third kappa shape index (κ3) is 3.64. The van der Waals surface area contributed by atoms with Crippen molar-refractivity contribution < 1.29 is 18.0 Å². The van der Waals surface area contributed by atoms with Gasteiger partial charge in [0.2, 0.25) is 0 Å². The van der Waals surface area contributed by atoms with E-state index in [0.29, 0.717) is 11.3 Å². The van der Waals surface area contributed by atoms with Crippen LogP contribution in [-0.2, 0) is 6.54 Å². The molecule has 0 fully saturated rings. The molecule has 1 aromatic carbocycles. The molecule has 1 amide bonds. The Balaban J connectivity index is 0.00000242. The molecule has 0 bridgehead atoms. The van der Waals surface area contributed by atoms with E-state index in [0.717, 1.165) is 18.2 Å². The van der Waals surface area contributed by atoms with E-state index >= 15 is 0 Å². The number of rotatable bonds is 4. The maximum absolute atomic E-state index is 13.8. The summed E-state index contributed by atoms with van der Waals surface area (Å²) in [5.74, 6) is -0.975. The van der Waals surface area contributed by atoms with Crippen LogP contribution in [0.4, 0.5) is 8.78 Å². The van der Waals surface area contributed by atoms with E-state index in [-0.39, 0.29) is 30.4 Å². The lowest BCUT2D eigenvalue weighted by Gasteiger charge is -2.25. The van der Waals surface area contributed by atoms with Crippen LogP contribution in [0.15, 0.2) is 34.9 Å². The Kier molecular flexibility index (Phi) is 6.08. The number of benzene rings is 1. The summed E-state index contributed by atoms with van der Waals surface area (Å²) in [5.41, 5.74) is 5.86. The van der Waals surface area contributed by atoms with Gasteiger partial charge in [-0.3, -0.25) is 4.79 Å². The van der Waals surface area contributed by atoms with E-state index < -0.39 is 17.7 Å². The first-order valence-electron chi connectivity index (χ1n) is 6.43. The molecular weight excluding hydrogens is 314 g/mol. The van der Waals surface area contributed by atoms with Crippen LogP contribution in [0, 0.1) is 11.6 Å². The number of nitrogens with zero attached hydrogens (tertiary/aromatic N) is 1. The molecule has 1 heterocycles. The summed E-state index contributed by atoms with van der Waals surface area (Å²) in [6.07, 6.45) is 1.30. The maximum atomic E-state index is 13.8. The minimum absolute atomic E-state index is 0. The molecule has 0 saturated carbocycles. The van der Waals surface area contributed by atoms with Crippen molar-refractivity contribution in [1.29, 1.82) is 0 Å². The molecule has 0 saturated heterocycles. The summed E-state index contributed by atoms with van der Waals surface area (Å²) in [6.45, 7) is 1.81. The summed E-state index contributed by atoms with van der Waals surface area (Å²) in [4.78, 5) is 13.6. The number of halogens is 3. The molecule has 2 N–H and O–H groups in total. The molecule has 1 unspecified atom stereocenters. The van der Waals surface area contributed by atoms with Gasteiger partial charge < -0.3 is 15.1 Å². The van der Waals surface area contributed by atoms with Crippen molar-refractivity contribution in [3.05, 3.63) is 59.1 Å². The van der Waals surface area contributed by atoms with Gasteiger partial charge in [-0.15, -0.1) is 12.4 Å². The van der Waals surface area contributed by atoms with Crippen LogP contribution in [-0.4, -0.2) is 17.9 Å². The van der Waals surface area contributed by atoms with Crippen molar-refractivity contribution in [2.24, 2.45) is 5.73 Å². The van der Waals surface area contributed by atoms with Crippen molar-refractivity contribution in [1.82, 2.24) is 4.90 Å². The highest BCUT2D eigenvalue weighted by atomic mass is 35.5. The first-order valence-corrected chi connectivity index (χ1v) is 6.43. The van der Waals surface area contributed by atoms with Crippen LogP contribution >= 0.6 is 12.4 Å². The third-order valence-electron chi connectivity index (χ3n) is 3.41. The highest BCUT2D eigenvalue weighted by molar-refractivity contribution is 5.94. The zero-order chi connectivity index (χ0) is 15.6. The van der Waals surface area contributed by atoms with Gasteiger partial charge in [0.1, 0.15) is 23.7 Å². The van der Waals surface area contributed by atoms with Gasteiger partial charge in [0, 0.05) is 12.6 Å². The van der Waals surface area contributed by atoms with Crippen LogP contribution in [0.1, 0.15) is 34.6 Å². The lowest BCUT2D eigenvalue weighted by Crippen LogP contribution is -2.30. The average molecular weight is 331 g/mol. The Labute approximate surface area is 133 Å². The Bertz CT molecular complexity index is 661. The summed E-state index contributed by atoms with van der Waals surface area (Å²) >= 11 is 0. The highest BCUT2D eigenvalue weighted by Gasteiger charge is 2.23. The molecule has 0 aliphatic heterocycles. The largest absolute Gasteiger partial charge is 0.467 e. The second-order valence-electron chi connectivity index (χ2n) is 4.76. The number of amides is 1. The molecule has 2 aromatic rings. The monoisotopic (exact) mass is 330 g/mol. The number of carbonyl (C=O) groups excluding carboxylic acids is 1. The second kappa shape index (κ2) is 7.38. The van der Waals surface area contributed by atoms with Crippen LogP contribution in [0.25, 0.3) is 0 Å². The lowest BCUT2D eigenvalue weighted by atomic mass is 10.1. The normalized spacial score (nSPS) is 11.7. The molecular formula is C15H17ClF2N2O2. The summed E-state index contributed by atoms with van der Waals surface area (Å²) in [6, 6.07) is 4.09. The Hall–Kier alpha value is -1.92. The maximum Gasteiger partial charge on any atom is 0.257 e. The van der Waals surface area contributed by atoms with Crippen molar-refractivity contribution in [2.45, 2.75) is 19.5 Å². The fourth-order valence-electron chi connectivity index (χ4n) is 2.02. The molecule has 0 aliphatic rings. The first kappa shape index (κ1) is 18.1. The molecule has 1 atom stereocenters. The van der Waals surface area contributed by atoms with Gasteiger partial charge in [-0.2, -0.15) is 0 Å². The Morgan fingerprint density at radius 1 is 1.36 bits per heavy atom. The summed E-state index contributed by atoms with van der Waals surface area (Å²) < 4.78 is 32.1. The summed E-state index contributed by atoms with van der Waals surface area (Å²) in [5, 5.41) is 0. The van der Waals surface area contributed by atoms with Gasteiger partial charge in [-0.05, 0) is 31.2 Å². The molecule has 0 spiro atoms. The second-order valence-corrected chi connectivity index (χ2v) is 4.76. The molecule has 1 aromatic heterocycles. The quantitative estimate of drug-likeness (QED) is 0.936. The third-order valence-corrected chi connectivity index (χ3v) is 3.41. The number of carbonyl (C=O) groups is 1. The molecule has 22 heavy (non-hydrogen) atoms. The minimum Gasteiger partial charge on any atom is -0.467 e. The lowest BCUT2D eigenvalue weighted by molar-refractivity contribution is 0.0739. The van der Waals surface area contributed by atoms with E-state index in [4.69, 9.17) is 10.2 Å². The van der Waals surface area contributed by atoms with Crippen LogP contribution in [0.2, 0.25) is 0 Å². The SMILES string of the molecule is CC(c1cc(F)ccc1F)N(C)C(=O)c1coc(CN)c1.Cl. The fraction of sp³-hybridized carbons (Fsp3) is 0.267. The zero-order valence-electron chi connectivity index (χ0n) is 12.2. The predicted molar refractivity (Wildman–Crippen MR) is 80.7 cm³/mol. The average Bonchev–Trinajstić information content (AvgIpc) is 2.96. The fourth-order valence-corrected chi connectivity index (χ4v) is 2.02. The number of nitrogens with two attached hydrogens (primary N) is 1. The van der Waals surface area contributed by atoms with Crippen LogP contribution < -0.4 is 5.73 Å². The van der Waals surface area contributed by atoms with Gasteiger partial charge in [0.15, 0.2) is 0 Å². The van der Waals surface area contributed by atoms with Crippen LogP contribution in [0.3, 0.4) is 0 Å². The molecule has 7 heteroatoms. The van der Waals surface area contributed by atoms with E-state index in [9.17, 15) is 13.6 Å². The Morgan fingerprint density at radius 2 is 2.05 bits per heavy atom. The van der Waals surface area contributed by atoms with Gasteiger partial charge in [-0.1, -0.05) is 0 Å². The van der Waals surface area contributed by atoms with E-state index in [1.54, 1.807) is 6.92 Å². The topological polar surface area (TPSA) is 59.5 Å². The smallest absolute Gasteiger partial charge is 0.257 e. The van der Waals surface area contributed by atoms with Crippen LogP contribution in [0.5, 0.6) is 0 Å². The van der Waals surface area contributed by atoms with Gasteiger partial charge in [0.05, 0.1) is 18.2 Å². The standard InChI is InChI=1S/C15H16F2N2O2.ClH/c1-9(13-6-11(16)3-4-14(13)17)19(2)15(20)10-5-12(7-18)21-8-10;/h3-6,8-9H,7,18H2,1-2H3;1H. The summed E-state index contributed by atoms with van der Waals surface area (Å²) in [7, 11) is 1.52. The van der Waals surface area contributed by atoms with E-state index in [2.05, 4.69) is 0 Å². The van der Waals surface area contributed by atoms with E-state index in [1.165, 1.54) is 24.3 Å². The van der Waals surface area contributed by atoms with Gasteiger partial charge in [0.25, 0.3) is 5.91 Å². The molecule has 0 radical (unpaired) electrons. The minimum atomic E-state index is -0.621. The van der Waals surface area contributed by atoms with Crippen molar-refractivity contribution in [3.8, 4) is 0 Å². The molecule has 120 valence electrons. The van der Waals surface area contributed by atoms with Crippen molar-refractivity contribution in [2.75, 3.05) is 7.05 Å².